The molecule has 1 aliphatic carbocycles. The topological polar surface area (TPSA) is 103 Å². The molecule has 2 atom stereocenters. The highest BCUT2D eigenvalue weighted by molar-refractivity contribution is 7.91. The van der Waals surface area contributed by atoms with Gasteiger partial charge in [-0.1, -0.05) is 0 Å². The van der Waals surface area contributed by atoms with Crippen molar-refractivity contribution in [1.82, 2.24) is 14.7 Å². The van der Waals surface area contributed by atoms with Crippen LogP contribution in [0.1, 0.15) is 24.8 Å². The van der Waals surface area contributed by atoms with E-state index in [0.717, 1.165) is 65.3 Å². The van der Waals surface area contributed by atoms with Crippen LogP contribution in [0.2, 0.25) is 0 Å². The van der Waals surface area contributed by atoms with Crippen LogP contribution in [0.5, 0.6) is 0 Å². The number of hydrogen-bond acceptors (Lipinski definition) is 8. The Labute approximate surface area is 208 Å². The van der Waals surface area contributed by atoms with Gasteiger partial charge in [0.2, 0.25) is 0 Å². The zero-order chi connectivity index (χ0) is 24.8. The van der Waals surface area contributed by atoms with Gasteiger partial charge in [-0.15, -0.1) is 0 Å². The van der Waals surface area contributed by atoms with Gasteiger partial charge in [-0.25, -0.2) is 13.2 Å². The summed E-state index contributed by atoms with van der Waals surface area (Å²) in [6.07, 6.45) is 2.48. The van der Waals surface area contributed by atoms with Gasteiger partial charge in [-0.3, -0.25) is 4.90 Å². The molecule has 10 heteroatoms. The van der Waals surface area contributed by atoms with Gasteiger partial charge in [0.05, 0.1) is 35.5 Å². The third-order valence-corrected chi connectivity index (χ3v) is 9.38. The summed E-state index contributed by atoms with van der Waals surface area (Å²) >= 11 is 0. The number of fused-ring (bicyclic) bond motifs is 2. The average Bonchev–Trinajstić information content (AvgIpc) is 3.13. The molecule has 9 nitrogen and oxygen atoms in total. The van der Waals surface area contributed by atoms with Gasteiger partial charge in [0.25, 0.3) is 0 Å². The van der Waals surface area contributed by atoms with E-state index >= 15 is 0 Å². The molecule has 2 saturated heterocycles. The number of carbonyl (C=O) groups is 1. The van der Waals surface area contributed by atoms with Crippen LogP contribution >= 0.6 is 0 Å². The second-order valence-corrected chi connectivity index (χ2v) is 11.9. The Morgan fingerprint density at radius 1 is 1.11 bits per heavy atom. The summed E-state index contributed by atoms with van der Waals surface area (Å²) in [5.74, 6) is 0.866. The molecule has 1 aromatic rings. The van der Waals surface area contributed by atoms with Gasteiger partial charge in [0.15, 0.2) is 9.84 Å². The highest BCUT2D eigenvalue weighted by atomic mass is 32.2. The summed E-state index contributed by atoms with van der Waals surface area (Å²) in [5, 5.41) is 8.90. The van der Waals surface area contributed by atoms with Gasteiger partial charge in [0, 0.05) is 45.8 Å². The zero-order valence-corrected chi connectivity index (χ0v) is 21.3. The Morgan fingerprint density at radius 2 is 1.77 bits per heavy atom. The second-order valence-electron chi connectivity index (χ2n) is 9.84. The van der Waals surface area contributed by atoms with E-state index in [0.29, 0.717) is 30.4 Å². The molecular weight excluding hydrogens is 468 g/mol. The number of piperidine rings is 1. The third kappa shape index (κ3) is 6.53. The van der Waals surface area contributed by atoms with Crippen LogP contribution in [0.25, 0.3) is 0 Å². The van der Waals surface area contributed by atoms with Gasteiger partial charge in [-0.05, 0) is 61.9 Å². The van der Waals surface area contributed by atoms with E-state index in [1.807, 2.05) is 13.1 Å². The Balaban J connectivity index is 1.21. The largest absolute Gasteiger partial charge is 0.448 e. The highest BCUT2D eigenvalue weighted by Crippen LogP contribution is 2.39. The molecule has 2 unspecified atom stereocenters. The Bertz CT molecular complexity index is 990. The molecule has 0 radical (unpaired) electrons. The van der Waals surface area contributed by atoms with Crippen molar-refractivity contribution in [2.75, 3.05) is 71.9 Å². The molecule has 192 valence electrons. The lowest BCUT2D eigenvalue weighted by Gasteiger charge is -2.42. The quantitative estimate of drug-likeness (QED) is 0.502. The average molecular weight is 505 g/mol. The predicted molar refractivity (Wildman–Crippen MR) is 131 cm³/mol. The van der Waals surface area contributed by atoms with E-state index in [9.17, 15) is 13.2 Å². The van der Waals surface area contributed by atoms with Crippen LogP contribution in [-0.2, 0) is 19.3 Å². The molecule has 1 saturated carbocycles. The lowest BCUT2D eigenvalue weighted by Crippen LogP contribution is -2.53. The zero-order valence-electron chi connectivity index (χ0n) is 20.5. The maximum Gasteiger partial charge on any atom is 0.409 e. The molecule has 3 fully saturated rings. The summed E-state index contributed by atoms with van der Waals surface area (Å²) in [5.41, 5.74) is 0.452. The van der Waals surface area contributed by atoms with Crippen LogP contribution < -0.4 is 0 Å². The molecule has 0 N–H and O–H groups in total. The molecule has 0 aromatic heterocycles. The lowest BCUT2D eigenvalue weighted by atomic mass is 9.91. The van der Waals surface area contributed by atoms with E-state index in [-0.39, 0.29) is 22.8 Å². The summed E-state index contributed by atoms with van der Waals surface area (Å²) in [4.78, 5) is 19.4. The Morgan fingerprint density at radius 3 is 2.40 bits per heavy atom. The minimum Gasteiger partial charge on any atom is -0.448 e. The maximum atomic E-state index is 12.7. The maximum absolute atomic E-state index is 12.7. The van der Waals surface area contributed by atoms with Crippen molar-refractivity contribution in [1.29, 1.82) is 5.26 Å². The van der Waals surface area contributed by atoms with E-state index in [2.05, 4.69) is 9.80 Å². The highest BCUT2D eigenvalue weighted by Gasteiger charge is 2.45. The minimum absolute atomic E-state index is 0.0868. The van der Waals surface area contributed by atoms with Crippen LogP contribution in [-0.4, -0.2) is 107 Å². The van der Waals surface area contributed by atoms with Crippen LogP contribution in [0.4, 0.5) is 4.79 Å². The van der Waals surface area contributed by atoms with E-state index in [1.165, 1.54) is 12.1 Å². The summed E-state index contributed by atoms with van der Waals surface area (Å²) in [6, 6.07) is 8.29. The number of likely N-dealkylation sites (tertiary alicyclic amines) is 1. The number of amides is 1. The SMILES string of the molecule is CN(C(=O)OCCN1CCOCC1)C1C2CCC1CN(CCCS(=O)(=O)c1ccc(C#N)cc1)C2. The van der Waals surface area contributed by atoms with Crippen molar-refractivity contribution in [3.05, 3.63) is 29.8 Å². The first kappa shape index (κ1) is 25.9. The van der Waals surface area contributed by atoms with Gasteiger partial charge >= 0.3 is 6.09 Å². The number of carbonyl (C=O) groups excluding carboxylic acids is 1. The van der Waals surface area contributed by atoms with Crippen molar-refractivity contribution < 1.29 is 22.7 Å². The normalized spacial score (nSPS) is 25.2. The molecule has 0 spiro atoms. The molecule has 2 bridgehead atoms. The fourth-order valence-electron chi connectivity index (χ4n) is 5.75. The molecule has 3 aliphatic rings. The Hall–Kier alpha value is -2.19. The van der Waals surface area contributed by atoms with Crippen LogP contribution in [0, 0.1) is 23.2 Å². The smallest absolute Gasteiger partial charge is 0.409 e. The van der Waals surface area contributed by atoms with Gasteiger partial charge in [0.1, 0.15) is 6.61 Å². The molecule has 2 heterocycles. The van der Waals surface area contributed by atoms with Crippen molar-refractivity contribution in [2.24, 2.45) is 11.8 Å². The summed E-state index contributed by atoms with van der Waals surface area (Å²) in [7, 11) is -1.51. The van der Waals surface area contributed by atoms with Gasteiger partial charge < -0.3 is 19.3 Å². The molecule has 2 aliphatic heterocycles. The third-order valence-electron chi connectivity index (χ3n) is 7.56. The van der Waals surface area contributed by atoms with Crippen molar-refractivity contribution in [3.63, 3.8) is 0 Å². The molecule has 1 aromatic carbocycles. The number of ether oxygens (including phenoxy) is 2. The van der Waals surface area contributed by atoms with Crippen molar-refractivity contribution >= 4 is 15.9 Å². The number of hydrogen-bond donors (Lipinski definition) is 0. The first-order chi connectivity index (χ1) is 16.9. The van der Waals surface area contributed by atoms with E-state index in [4.69, 9.17) is 14.7 Å². The summed E-state index contributed by atoms with van der Waals surface area (Å²) in [6.45, 7) is 6.84. The van der Waals surface area contributed by atoms with Crippen LogP contribution in [0.3, 0.4) is 0 Å². The number of nitrogens with zero attached hydrogens (tertiary/aromatic N) is 4. The summed E-state index contributed by atoms with van der Waals surface area (Å²) < 4.78 is 36.2. The van der Waals surface area contributed by atoms with Gasteiger partial charge in [-0.2, -0.15) is 5.26 Å². The number of benzene rings is 1. The minimum atomic E-state index is -3.37. The number of sulfone groups is 1. The predicted octanol–water partition coefficient (Wildman–Crippen LogP) is 1.83. The van der Waals surface area contributed by atoms with E-state index < -0.39 is 9.84 Å². The van der Waals surface area contributed by atoms with E-state index in [1.54, 1.807) is 17.0 Å². The fourth-order valence-corrected chi connectivity index (χ4v) is 7.04. The molecule has 1 amide bonds. The number of nitriles is 1. The monoisotopic (exact) mass is 504 g/mol. The standard InChI is InChI=1S/C25H36N4O5S/c1-27(25(30)34-15-12-28-10-13-33-14-11-28)24-21-5-6-22(24)19-29(18-21)9-2-16-35(31,32)23-7-3-20(17-26)4-8-23/h3-4,7-8,21-22,24H,2,5-6,9-16,18-19H2,1H3. The molecule has 4 rings (SSSR count). The number of morpholine rings is 1. The first-order valence-electron chi connectivity index (χ1n) is 12.5. The number of rotatable bonds is 9. The van der Waals surface area contributed by atoms with Crippen molar-refractivity contribution in [2.45, 2.75) is 30.2 Å². The van der Waals surface area contributed by atoms with Crippen molar-refractivity contribution in [3.8, 4) is 6.07 Å². The Kier molecular flexibility index (Phi) is 8.65. The second kappa shape index (κ2) is 11.7. The first-order valence-corrected chi connectivity index (χ1v) is 14.2. The fraction of sp³-hybridized carbons (Fsp3) is 0.680. The molecule has 35 heavy (non-hydrogen) atoms. The lowest BCUT2D eigenvalue weighted by molar-refractivity contribution is 0.0173. The van der Waals surface area contributed by atoms with Crippen LogP contribution in [0.15, 0.2) is 29.2 Å². The molecular formula is C25H36N4O5S.